The van der Waals surface area contributed by atoms with Crippen molar-refractivity contribution in [2.24, 2.45) is 0 Å². The van der Waals surface area contributed by atoms with Crippen molar-refractivity contribution in [3.05, 3.63) is 40.8 Å². The van der Waals surface area contributed by atoms with Crippen molar-refractivity contribution in [3.8, 4) is 11.5 Å². The van der Waals surface area contributed by atoms with Crippen molar-refractivity contribution in [2.45, 2.75) is 26.3 Å². The number of fused-ring (bicyclic) bond motifs is 1. The number of aryl methyl sites for hydroxylation is 1. The smallest absolute Gasteiger partial charge is 0.227 e. The van der Waals surface area contributed by atoms with Gasteiger partial charge in [0, 0.05) is 30.7 Å². The lowest BCUT2D eigenvalue weighted by Crippen LogP contribution is -2.08. The fourth-order valence-electron chi connectivity index (χ4n) is 2.52. The molecule has 0 saturated heterocycles. The minimum Gasteiger partial charge on any atom is -0.497 e. The summed E-state index contributed by atoms with van der Waals surface area (Å²) in [6.45, 7) is 2.59. The molecule has 0 unspecified atom stereocenters. The fourth-order valence-corrected chi connectivity index (χ4v) is 2.70. The average molecular weight is 362 g/mol. The molecule has 2 aromatic heterocycles. The van der Waals surface area contributed by atoms with Gasteiger partial charge in [0.1, 0.15) is 16.7 Å². The van der Waals surface area contributed by atoms with E-state index in [0.717, 1.165) is 35.7 Å². The van der Waals surface area contributed by atoms with Gasteiger partial charge < -0.3 is 14.8 Å². The molecule has 0 aliphatic rings. The maximum atomic E-state index is 6.12. The van der Waals surface area contributed by atoms with Crippen molar-refractivity contribution < 1.29 is 9.47 Å². The molecule has 0 amide bonds. The molecule has 1 aromatic carbocycles. The van der Waals surface area contributed by atoms with Crippen LogP contribution in [0, 0.1) is 0 Å². The molecule has 0 aliphatic carbocycles. The van der Waals surface area contributed by atoms with Crippen LogP contribution in [0.25, 0.3) is 5.65 Å². The topological polar surface area (TPSA) is 73.6 Å². The Labute approximate surface area is 151 Å². The number of ether oxygens (including phenoxy) is 2. The van der Waals surface area contributed by atoms with E-state index in [1.165, 1.54) is 0 Å². The molecule has 0 atom stereocenters. The molecule has 0 fully saturated rings. The monoisotopic (exact) mass is 361 g/mol. The highest BCUT2D eigenvalue weighted by Gasteiger charge is 2.11. The Bertz CT molecular complexity index is 881. The third-order valence-electron chi connectivity index (χ3n) is 3.74. The van der Waals surface area contributed by atoms with Crippen LogP contribution in [-0.2, 0) is 13.0 Å². The van der Waals surface area contributed by atoms with Crippen LogP contribution in [0.5, 0.6) is 11.5 Å². The SMILES string of the molecule is CCCc1nc2cc(Cl)nc(NCc3ccc(OC)cc3OC)n2n1. The lowest BCUT2D eigenvalue weighted by atomic mass is 10.2. The molecular weight excluding hydrogens is 342 g/mol. The third kappa shape index (κ3) is 3.76. The summed E-state index contributed by atoms with van der Waals surface area (Å²) in [7, 11) is 3.25. The molecule has 8 heteroatoms. The van der Waals surface area contributed by atoms with Gasteiger partial charge in [-0.05, 0) is 18.6 Å². The van der Waals surface area contributed by atoms with Gasteiger partial charge in [-0.25, -0.2) is 9.97 Å². The first-order chi connectivity index (χ1) is 12.1. The first-order valence-electron chi connectivity index (χ1n) is 8.01. The van der Waals surface area contributed by atoms with E-state index >= 15 is 0 Å². The van der Waals surface area contributed by atoms with Crippen LogP contribution in [0.15, 0.2) is 24.3 Å². The van der Waals surface area contributed by atoms with Crippen LogP contribution < -0.4 is 14.8 Å². The van der Waals surface area contributed by atoms with Gasteiger partial charge in [0.2, 0.25) is 5.95 Å². The molecule has 0 aliphatic heterocycles. The lowest BCUT2D eigenvalue weighted by Gasteiger charge is -2.12. The number of hydrogen-bond acceptors (Lipinski definition) is 6. The number of aromatic nitrogens is 4. The van der Waals surface area contributed by atoms with E-state index in [0.29, 0.717) is 23.3 Å². The first-order valence-corrected chi connectivity index (χ1v) is 8.39. The van der Waals surface area contributed by atoms with E-state index in [1.54, 1.807) is 24.8 Å². The number of nitrogens with zero attached hydrogens (tertiary/aromatic N) is 4. The Morgan fingerprint density at radius 2 is 2.00 bits per heavy atom. The molecule has 0 radical (unpaired) electrons. The molecule has 7 nitrogen and oxygen atoms in total. The van der Waals surface area contributed by atoms with Crippen LogP contribution in [0.3, 0.4) is 0 Å². The van der Waals surface area contributed by atoms with Gasteiger partial charge >= 0.3 is 0 Å². The molecule has 0 spiro atoms. The maximum Gasteiger partial charge on any atom is 0.227 e. The third-order valence-corrected chi connectivity index (χ3v) is 3.94. The first kappa shape index (κ1) is 17.3. The van der Waals surface area contributed by atoms with E-state index in [2.05, 4.69) is 27.3 Å². The van der Waals surface area contributed by atoms with Gasteiger partial charge in [-0.15, -0.1) is 5.10 Å². The molecule has 3 aromatic rings. The summed E-state index contributed by atoms with van der Waals surface area (Å²) in [4.78, 5) is 8.81. The van der Waals surface area contributed by atoms with E-state index in [-0.39, 0.29) is 0 Å². The number of benzene rings is 1. The minimum atomic E-state index is 0.368. The molecule has 0 saturated carbocycles. The Kier molecular flexibility index (Phi) is 5.23. The van der Waals surface area contributed by atoms with E-state index < -0.39 is 0 Å². The molecular formula is C17H20ClN5O2. The zero-order valence-corrected chi connectivity index (χ0v) is 15.2. The van der Waals surface area contributed by atoms with Crippen LogP contribution in [0.4, 0.5) is 5.95 Å². The van der Waals surface area contributed by atoms with Gasteiger partial charge in [-0.2, -0.15) is 4.52 Å². The number of rotatable bonds is 7. The number of anilines is 1. The quantitative estimate of drug-likeness (QED) is 0.650. The summed E-state index contributed by atoms with van der Waals surface area (Å²) >= 11 is 6.12. The number of hydrogen-bond donors (Lipinski definition) is 1. The van der Waals surface area contributed by atoms with Crippen LogP contribution in [-0.4, -0.2) is 33.8 Å². The van der Waals surface area contributed by atoms with Crippen molar-refractivity contribution in [1.29, 1.82) is 0 Å². The predicted molar refractivity (Wildman–Crippen MR) is 96.7 cm³/mol. The number of nitrogens with one attached hydrogen (secondary N) is 1. The molecule has 132 valence electrons. The van der Waals surface area contributed by atoms with Crippen molar-refractivity contribution in [1.82, 2.24) is 19.6 Å². The largest absolute Gasteiger partial charge is 0.497 e. The Morgan fingerprint density at radius 1 is 1.16 bits per heavy atom. The normalized spacial score (nSPS) is 10.9. The van der Waals surface area contributed by atoms with Gasteiger partial charge in [0.05, 0.1) is 14.2 Å². The summed E-state index contributed by atoms with van der Waals surface area (Å²) < 4.78 is 12.3. The second-order valence-corrected chi connectivity index (χ2v) is 5.87. The Hall–Kier alpha value is -2.54. The highest BCUT2D eigenvalue weighted by Crippen LogP contribution is 2.25. The highest BCUT2D eigenvalue weighted by atomic mass is 35.5. The summed E-state index contributed by atoms with van der Waals surface area (Å²) in [5.41, 5.74) is 1.64. The average Bonchev–Trinajstić information content (AvgIpc) is 3.02. The van der Waals surface area contributed by atoms with Crippen LogP contribution >= 0.6 is 11.6 Å². The Balaban J connectivity index is 1.88. The van der Waals surface area contributed by atoms with Crippen molar-refractivity contribution >= 4 is 23.2 Å². The molecule has 25 heavy (non-hydrogen) atoms. The van der Waals surface area contributed by atoms with E-state index in [1.807, 2.05) is 18.2 Å². The molecule has 3 rings (SSSR count). The van der Waals surface area contributed by atoms with E-state index in [4.69, 9.17) is 21.1 Å². The highest BCUT2D eigenvalue weighted by molar-refractivity contribution is 6.29. The number of halogens is 1. The predicted octanol–water partition coefficient (Wildman–Crippen LogP) is 3.36. The van der Waals surface area contributed by atoms with Crippen molar-refractivity contribution in [3.63, 3.8) is 0 Å². The maximum absolute atomic E-state index is 6.12. The fraction of sp³-hybridized carbons (Fsp3) is 0.353. The second-order valence-electron chi connectivity index (χ2n) is 5.48. The van der Waals surface area contributed by atoms with Gasteiger partial charge in [-0.1, -0.05) is 18.5 Å². The van der Waals surface area contributed by atoms with Crippen LogP contribution in [0.1, 0.15) is 24.7 Å². The molecule has 2 heterocycles. The summed E-state index contributed by atoms with van der Waals surface area (Å²) in [5, 5.41) is 8.12. The van der Waals surface area contributed by atoms with Gasteiger partial charge in [-0.3, -0.25) is 0 Å². The van der Waals surface area contributed by atoms with Gasteiger partial charge in [0.25, 0.3) is 0 Å². The minimum absolute atomic E-state index is 0.368. The standard InChI is InChI=1S/C17H20ClN5O2/c1-4-5-15-21-16-9-14(18)20-17(23(16)22-15)19-10-11-6-7-12(24-2)8-13(11)25-3/h6-9H,4-5,10H2,1-3H3,(H,19,20). The van der Waals surface area contributed by atoms with Crippen LogP contribution in [0.2, 0.25) is 5.15 Å². The number of methoxy groups -OCH3 is 2. The second kappa shape index (κ2) is 7.57. The summed E-state index contributed by atoms with van der Waals surface area (Å²) in [6.07, 6.45) is 1.79. The zero-order valence-electron chi connectivity index (χ0n) is 14.4. The Morgan fingerprint density at radius 3 is 2.72 bits per heavy atom. The molecule has 1 N–H and O–H groups in total. The summed E-state index contributed by atoms with van der Waals surface area (Å²) in [5.74, 6) is 2.78. The zero-order chi connectivity index (χ0) is 17.8. The van der Waals surface area contributed by atoms with Gasteiger partial charge in [0.15, 0.2) is 11.5 Å². The van der Waals surface area contributed by atoms with E-state index in [9.17, 15) is 0 Å². The molecule has 0 bridgehead atoms. The lowest BCUT2D eigenvalue weighted by molar-refractivity contribution is 0.391. The summed E-state index contributed by atoms with van der Waals surface area (Å²) in [6, 6.07) is 7.37. The van der Waals surface area contributed by atoms with Crippen molar-refractivity contribution in [2.75, 3.05) is 19.5 Å².